The fraction of sp³-hybridized carbons (Fsp3) is 0.472. The third-order valence-electron chi connectivity index (χ3n) is 7.49. The number of aliphatic hydroxyl groups is 1. The molecule has 0 aliphatic heterocycles. The average Bonchev–Trinajstić information content (AvgIpc) is 3.26. The summed E-state index contributed by atoms with van der Waals surface area (Å²) in [5.41, 5.74) is 6.47. The molecule has 4 nitrogen and oxygen atoms in total. The van der Waals surface area contributed by atoms with Crippen molar-refractivity contribution >= 4 is 37.4 Å². The third-order valence-corrected chi connectivity index (χ3v) is 8.64. The van der Waals surface area contributed by atoms with Crippen LogP contribution in [0.3, 0.4) is 0 Å². The number of ketones is 1. The predicted molar refractivity (Wildman–Crippen MR) is 176 cm³/mol. The van der Waals surface area contributed by atoms with Gasteiger partial charge in [-0.1, -0.05) is 74.4 Å². The first-order valence-corrected chi connectivity index (χ1v) is 15.8. The molecule has 4 aromatic rings. The zero-order chi connectivity index (χ0) is 31.2. The molecule has 1 radical (unpaired) electrons. The van der Waals surface area contributed by atoms with Crippen LogP contribution in [0.25, 0.3) is 31.6 Å². The van der Waals surface area contributed by atoms with E-state index in [0.29, 0.717) is 0 Å². The van der Waals surface area contributed by atoms with Gasteiger partial charge >= 0.3 is 0 Å². The van der Waals surface area contributed by atoms with Gasteiger partial charge in [0.2, 0.25) is 0 Å². The minimum Gasteiger partial charge on any atom is -0.512 e. The second kappa shape index (κ2) is 15.9. The number of fused-ring (bicyclic) bond motifs is 3. The van der Waals surface area contributed by atoms with Gasteiger partial charge in [0, 0.05) is 58.5 Å². The van der Waals surface area contributed by atoms with Crippen LogP contribution < -0.4 is 0 Å². The molecule has 0 atom stereocenters. The van der Waals surface area contributed by atoms with E-state index >= 15 is 0 Å². The zero-order valence-electron chi connectivity index (χ0n) is 27.6. The maximum atomic E-state index is 11.7. The van der Waals surface area contributed by atoms with E-state index in [1.54, 1.807) is 11.3 Å². The topological polar surface area (TPSA) is 63.1 Å². The van der Waals surface area contributed by atoms with E-state index in [0.717, 1.165) is 64.5 Å². The Morgan fingerprint density at radius 2 is 1.67 bits per heavy atom. The molecule has 0 saturated heterocycles. The Morgan fingerprint density at radius 1 is 1.02 bits per heavy atom. The second-order valence-electron chi connectivity index (χ2n) is 12.3. The third kappa shape index (κ3) is 9.30. The normalized spacial score (nSPS) is 12.4. The molecule has 0 amide bonds. The number of allylic oxidation sites excluding steroid dienone is 2. The van der Waals surface area contributed by atoms with Crippen molar-refractivity contribution in [3.05, 3.63) is 71.2 Å². The Bertz CT molecular complexity index is 1540. The maximum absolute atomic E-state index is 11.7. The van der Waals surface area contributed by atoms with Gasteiger partial charge in [-0.3, -0.25) is 9.78 Å². The van der Waals surface area contributed by atoms with E-state index in [1.165, 1.54) is 21.9 Å². The predicted octanol–water partition coefficient (Wildman–Crippen LogP) is 10.4. The number of hydrogen-bond donors (Lipinski definition) is 1. The molecule has 1 N–H and O–H groups in total. The van der Waals surface area contributed by atoms with Gasteiger partial charge in [0.15, 0.2) is 5.78 Å². The number of aryl methyl sites for hydroxylation is 2. The molecule has 2 aromatic heterocycles. The van der Waals surface area contributed by atoms with Gasteiger partial charge in [0.25, 0.3) is 0 Å². The van der Waals surface area contributed by atoms with Crippen molar-refractivity contribution in [3.63, 3.8) is 0 Å². The summed E-state index contributed by atoms with van der Waals surface area (Å²) >= 11 is 1.72. The van der Waals surface area contributed by atoms with Crippen LogP contribution in [0.5, 0.6) is 0 Å². The van der Waals surface area contributed by atoms with Crippen LogP contribution in [0.4, 0.5) is 0 Å². The molecule has 0 bridgehead atoms. The quantitative estimate of drug-likeness (QED) is 0.105. The number of carbonyl (C=O) groups excluding carboxylic acids is 1. The molecule has 2 heterocycles. The fourth-order valence-electron chi connectivity index (χ4n) is 5.28. The number of hydrogen-bond acceptors (Lipinski definition) is 5. The second-order valence-corrected chi connectivity index (χ2v) is 13.3. The molecule has 0 saturated carbocycles. The van der Waals surface area contributed by atoms with Crippen LogP contribution in [-0.2, 0) is 31.3 Å². The van der Waals surface area contributed by atoms with E-state index in [9.17, 15) is 9.90 Å². The van der Waals surface area contributed by atoms with Crippen molar-refractivity contribution in [1.29, 1.82) is 0 Å². The molecule has 42 heavy (non-hydrogen) atoms. The van der Waals surface area contributed by atoms with Crippen LogP contribution in [0.2, 0.25) is 0 Å². The number of thiophene rings is 1. The van der Waals surface area contributed by atoms with Gasteiger partial charge in [-0.2, -0.15) is 0 Å². The van der Waals surface area contributed by atoms with Crippen molar-refractivity contribution in [2.45, 2.75) is 94.4 Å². The largest absolute Gasteiger partial charge is 0.512 e. The molecule has 229 valence electrons. The number of nitrogens with zero attached hydrogens (tertiary/aromatic N) is 2. The smallest absolute Gasteiger partial charge is 0.162 e. The van der Waals surface area contributed by atoms with Crippen molar-refractivity contribution in [3.8, 4) is 11.3 Å². The molecule has 0 fully saturated rings. The van der Waals surface area contributed by atoms with Crippen LogP contribution in [0.1, 0.15) is 92.2 Å². The Labute approximate surface area is 271 Å². The molecule has 4 rings (SSSR count). The minimum absolute atomic E-state index is 0. The van der Waals surface area contributed by atoms with Gasteiger partial charge in [0.05, 0.1) is 11.3 Å². The van der Waals surface area contributed by atoms with E-state index < -0.39 is 0 Å². The summed E-state index contributed by atoms with van der Waals surface area (Å²) in [5, 5.41) is 10.9. The summed E-state index contributed by atoms with van der Waals surface area (Å²) in [6.45, 7) is 19.0. The van der Waals surface area contributed by atoms with Crippen LogP contribution in [0, 0.1) is 37.2 Å². The Balaban J connectivity index is 0.000000348. The first kappa shape index (κ1) is 34.1. The number of carbonyl (C=O) groups is 1. The summed E-state index contributed by atoms with van der Waals surface area (Å²) < 4.78 is 10.4. The number of aliphatic hydroxyl groups excluding tert-OH is 1. The van der Waals surface area contributed by atoms with Crippen molar-refractivity contribution in [2.24, 2.45) is 17.3 Å². The van der Waals surface area contributed by atoms with Gasteiger partial charge in [0.1, 0.15) is 7.67 Å². The SMILES string of the molecule is CCC(CC)C(=O)/C=C(\O)C(CC)CC.[2H]c1nc(-c2[c-]c(C)cc(C)c2)c2sc3cc(CC(C)(C)C)ccc3c2n1.[Ir]. The standard InChI is InChI=1S/C23H23N2S.C13H24O2.Ir/c1-14-8-15(2)10-17(9-14)20-22-21(25-13-24-20)18-7-6-16(11-19(18)26-22)12-23(3,4)5;1-5-10(6-2)12(14)9-13(15)11(7-3)8-4;/h6-9,11,13H,12H2,1-5H3;9-11,14H,5-8H2,1-4H3;/q-1;;/b;12-9-;/i13D;;. The molecule has 0 aliphatic carbocycles. The summed E-state index contributed by atoms with van der Waals surface area (Å²) in [6.07, 6.45) is 6.00. The van der Waals surface area contributed by atoms with Gasteiger partial charge < -0.3 is 5.11 Å². The van der Waals surface area contributed by atoms with Crippen molar-refractivity contribution in [1.82, 2.24) is 9.97 Å². The van der Waals surface area contributed by atoms with Crippen molar-refractivity contribution in [2.75, 3.05) is 0 Å². The van der Waals surface area contributed by atoms with Crippen molar-refractivity contribution < 1.29 is 31.4 Å². The van der Waals surface area contributed by atoms with Crippen LogP contribution in [0.15, 0.2) is 48.5 Å². The number of rotatable bonds is 9. The fourth-order valence-corrected chi connectivity index (χ4v) is 6.49. The summed E-state index contributed by atoms with van der Waals surface area (Å²) in [6, 6.07) is 14.2. The number of benzene rings is 2. The molecular weight excluding hydrogens is 717 g/mol. The van der Waals surface area contributed by atoms with E-state index in [1.807, 2.05) is 34.6 Å². The van der Waals surface area contributed by atoms with Gasteiger partial charge in [-0.05, 0) is 49.1 Å². The van der Waals surface area contributed by atoms with Crippen LogP contribution in [-0.4, -0.2) is 20.9 Å². The monoisotopic (exact) mass is 765 g/mol. The Morgan fingerprint density at radius 3 is 2.24 bits per heavy atom. The molecular formula is C36H47IrN2O2S-. The summed E-state index contributed by atoms with van der Waals surface area (Å²) in [4.78, 5) is 20.6. The molecule has 6 heteroatoms. The summed E-state index contributed by atoms with van der Waals surface area (Å²) in [7, 11) is 0. The van der Waals surface area contributed by atoms with Gasteiger partial charge in [-0.25, -0.2) is 4.98 Å². The van der Waals surface area contributed by atoms with Gasteiger partial charge in [-0.15, -0.1) is 46.2 Å². The van der Waals surface area contributed by atoms with Crippen LogP contribution >= 0.6 is 11.3 Å². The zero-order valence-corrected chi connectivity index (χ0v) is 29.9. The molecule has 2 aromatic carbocycles. The number of aromatic nitrogens is 2. The first-order chi connectivity index (χ1) is 19.8. The first-order valence-electron chi connectivity index (χ1n) is 15.4. The molecule has 0 spiro atoms. The van der Waals surface area contributed by atoms with E-state index in [2.05, 4.69) is 74.1 Å². The van der Waals surface area contributed by atoms with E-state index in [4.69, 9.17) is 1.37 Å². The summed E-state index contributed by atoms with van der Waals surface area (Å²) in [5.74, 6) is 0.547. The minimum atomic E-state index is 0. The van der Waals surface area contributed by atoms with E-state index in [-0.39, 0.29) is 55.2 Å². The maximum Gasteiger partial charge on any atom is 0.162 e. The average molecular weight is 765 g/mol. The molecule has 0 unspecified atom stereocenters. The Kier molecular flexibility index (Phi) is 12.9. The molecule has 0 aliphatic rings. The Hall–Kier alpha value is -2.40.